The van der Waals surface area contributed by atoms with Gasteiger partial charge in [-0.3, -0.25) is 0 Å². The van der Waals surface area contributed by atoms with Gasteiger partial charge < -0.3 is 4.74 Å². The van der Waals surface area contributed by atoms with Gasteiger partial charge in [0.25, 0.3) is 0 Å². The van der Waals surface area contributed by atoms with E-state index < -0.39 is 24.0 Å². The van der Waals surface area contributed by atoms with E-state index >= 15 is 0 Å². The second-order valence-corrected chi connectivity index (χ2v) is 2.39. The standard InChI is InChI=1S/C6H5ClF6O/c1-14-3(2-7)5(10,11)6(12,13)4(8)9/h2,4H,1H3. The Kier molecular flexibility index (Phi) is 4.11. The lowest BCUT2D eigenvalue weighted by atomic mass is 10.1. The van der Waals surface area contributed by atoms with E-state index in [9.17, 15) is 26.3 Å². The highest BCUT2D eigenvalue weighted by Gasteiger charge is 2.66. The summed E-state index contributed by atoms with van der Waals surface area (Å²) < 4.78 is 76.7. The molecule has 14 heavy (non-hydrogen) atoms. The van der Waals surface area contributed by atoms with Crippen molar-refractivity contribution in [1.29, 1.82) is 0 Å². The topological polar surface area (TPSA) is 9.23 Å². The predicted molar refractivity (Wildman–Crippen MR) is 36.8 cm³/mol. The summed E-state index contributed by atoms with van der Waals surface area (Å²) in [6.45, 7) is 0. The molecule has 0 bridgehead atoms. The molecule has 0 saturated heterocycles. The van der Waals surface area contributed by atoms with Crippen LogP contribution in [0.1, 0.15) is 0 Å². The van der Waals surface area contributed by atoms with Crippen molar-refractivity contribution >= 4 is 11.6 Å². The predicted octanol–water partition coefficient (Wildman–Crippen LogP) is 3.25. The number of hydrogen-bond acceptors (Lipinski definition) is 1. The summed E-state index contributed by atoms with van der Waals surface area (Å²) in [4.78, 5) is 0. The number of ether oxygens (including phenoxy) is 1. The molecule has 0 rings (SSSR count). The highest BCUT2D eigenvalue weighted by Crippen LogP contribution is 2.44. The molecule has 8 heteroatoms. The summed E-state index contributed by atoms with van der Waals surface area (Å²) in [5.74, 6) is -12.4. The molecule has 0 aromatic carbocycles. The molecule has 0 aliphatic heterocycles. The lowest BCUT2D eigenvalue weighted by Crippen LogP contribution is -2.47. The molecule has 0 aromatic heterocycles. The minimum absolute atomic E-state index is 0.0176. The fourth-order valence-corrected chi connectivity index (χ4v) is 0.769. The highest BCUT2D eigenvalue weighted by molar-refractivity contribution is 6.25. The van der Waals surface area contributed by atoms with Crippen LogP contribution in [0.4, 0.5) is 26.3 Å². The number of methoxy groups -OCH3 is 1. The SMILES string of the molecule is COC(=CCl)C(F)(F)C(F)(F)C(F)F. The molecule has 0 radical (unpaired) electrons. The molecule has 0 aromatic rings. The zero-order chi connectivity index (χ0) is 11.6. The summed E-state index contributed by atoms with van der Waals surface area (Å²) in [6, 6.07) is 0. The van der Waals surface area contributed by atoms with Gasteiger partial charge >= 0.3 is 18.3 Å². The van der Waals surface area contributed by atoms with Crippen LogP contribution in [-0.2, 0) is 4.74 Å². The summed E-state index contributed by atoms with van der Waals surface area (Å²) in [5.41, 5.74) is -0.0176. The number of hydrogen-bond donors (Lipinski definition) is 0. The molecule has 0 N–H and O–H groups in total. The van der Waals surface area contributed by atoms with Crippen LogP contribution in [0.5, 0.6) is 0 Å². The second-order valence-electron chi connectivity index (χ2n) is 2.18. The van der Waals surface area contributed by atoms with Gasteiger partial charge in [-0.15, -0.1) is 0 Å². The van der Waals surface area contributed by atoms with Crippen LogP contribution < -0.4 is 0 Å². The molecule has 0 heterocycles. The van der Waals surface area contributed by atoms with Crippen molar-refractivity contribution in [1.82, 2.24) is 0 Å². The molecular formula is C6H5ClF6O. The molecule has 0 unspecified atom stereocenters. The monoisotopic (exact) mass is 242 g/mol. The molecule has 0 fully saturated rings. The maximum Gasteiger partial charge on any atom is 0.376 e. The lowest BCUT2D eigenvalue weighted by molar-refractivity contribution is -0.257. The maximum absolute atomic E-state index is 12.6. The smallest absolute Gasteiger partial charge is 0.376 e. The van der Waals surface area contributed by atoms with E-state index in [1.165, 1.54) is 0 Å². The van der Waals surface area contributed by atoms with Gasteiger partial charge in [0.1, 0.15) is 0 Å². The first kappa shape index (κ1) is 13.4. The third kappa shape index (κ3) is 2.08. The Hall–Kier alpha value is -0.590. The first-order chi connectivity index (χ1) is 6.21. The molecule has 0 atom stereocenters. The number of alkyl halides is 6. The first-order valence-corrected chi connectivity index (χ1v) is 3.54. The largest absolute Gasteiger partial charge is 0.494 e. The number of rotatable bonds is 4. The molecular weight excluding hydrogens is 238 g/mol. The molecule has 0 saturated carbocycles. The fourth-order valence-electron chi connectivity index (χ4n) is 0.543. The molecule has 1 nitrogen and oxygen atoms in total. The van der Waals surface area contributed by atoms with E-state index in [1.807, 2.05) is 0 Å². The fraction of sp³-hybridized carbons (Fsp3) is 0.667. The van der Waals surface area contributed by atoms with Crippen LogP contribution in [0.2, 0.25) is 0 Å². The Morgan fingerprint density at radius 1 is 1.29 bits per heavy atom. The zero-order valence-corrected chi connectivity index (χ0v) is 7.46. The molecule has 0 amide bonds. The van der Waals surface area contributed by atoms with E-state index in [0.717, 1.165) is 0 Å². The van der Waals surface area contributed by atoms with Crippen molar-refractivity contribution < 1.29 is 31.1 Å². The van der Waals surface area contributed by atoms with Gasteiger partial charge in [0.2, 0.25) is 0 Å². The van der Waals surface area contributed by atoms with E-state index in [0.29, 0.717) is 7.11 Å². The summed E-state index contributed by atoms with van der Waals surface area (Å²) in [6.07, 6.45) is -4.51. The van der Waals surface area contributed by atoms with E-state index in [4.69, 9.17) is 11.6 Å². The quantitative estimate of drug-likeness (QED) is 0.543. The van der Waals surface area contributed by atoms with Crippen molar-refractivity contribution in [3.05, 3.63) is 11.3 Å². The van der Waals surface area contributed by atoms with E-state index in [2.05, 4.69) is 4.74 Å². The zero-order valence-electron chi connectivity index (χ0n) is 6.71. The van der Waals surface area contributed by atoms with Crippen molar-refractivity contribution in [3.8, 4) is 0 Å². The van der Waals surface area contributed by atoms with E-state index in [-0.39, 0.29) is 5.54 Å². The van der Waals surface area contributed by atoms with Crippen molar-refractivity contribution in [2.75, 3.05) is 7.11 Å². The van der Waals surface area contributed by atoms with Crippen molar-refractivity contribution in [2.24, 2.45) is 0 Å². The Morgan fingerprint density at radius 3 is 1.93 bits per heavy atom. The third-order valence-corrected chi connectivity index (χ3v) is 1.52. The minimum atomic E-state index is -5.52. The highest BCUT2D eigenvalue weighted by atomic mass is 35.5. The van der Waals surface area contributed by atoms with Crippen LogP contribution in [0.15, 0.2) is 11.3 Å². The minimum Gasteiger partial charge on any atom is -0.494 e. The van der Waals surface area contributed by atoms with Gasteiger partial charge in [-0.05, 0) is 0 Å². The van der Waals surface area contributed by atoms with Crippen molar-refractivity contribution in [2.45, 2.75) is 18.3 Å². The summed E-state index contributed by atoms with van der Waals surface area (Å²) in [5, 5.41) is 0. The van der Waals surface area contributed by atoms with Gasteiger partial charge in [0.05, 0.1) is 7.11 Å². The average Bonchev–Trinajstić information content (AvgIpc) is 2.05. The number of halogens is 7. The third-order valence-electron chi connectivity index (χ3n) is 1.32. The van der Waals surface area contributed by atoms with Crippen LogP contribution in [0, 0.1) is 0 Å². The Morgan fingerprint density at radius 2 is 1.71 bits per heavy atom. The first-order valence-electron chi connectivity index (χ1n) is 3.10. The van der Waals surface area contributed by atoms with Gasteiger partial charge in [-0.25, -0.2) is 8.78 Å². The molecule has 0 aliphatic carbocycles. The van der Waals surface area contributed by atoms with E-state index in [1.54, 1.807) is 0 Å². The van der Waals surface area contributed by atoms with Crippen LogP contribution in [0.3, 0.4) is 0 Å². The van der Waals surface area contributed by atoms with Gasteiger partial charge in [-0.1, -0.05) is 11.6 Å². The second kappa shape index (κ2) is 4.29. The van der Waals surface area contributed by atoms with Crippen LogP contribution in [0.25, 0.3) is 0 Å². The van der Waals surface area contributed by atoms with Gasteiger partial charge in [0.15, 0.2) is 5.76 Å². The van der Waals surface area contributed by atoms with Crippen LogP contribution >= 0.6 is 11.6 Å². The van der Waals surface area contributed by atoms with Crippen LogP contribution in [-0.4, -0.2) is 25.4 Å². The molecule has 84 valence electrons. The normalized spacial score (nSPS) is 14.8. The lowest BCUT2D eigenvalue weighted by Gasteiger charge is -2.26. The molecule has 0 spiro atoms. The average molecular weight is 243 g/mol. The summed E-state index contributed by atoms with van der Waals surface area (Å²) >= 11 is 4.72. The Bertz CT molecular complexity index is 226. The Balaban J connectivity index is 5.12. The summed E-state index contributed by atoms with van der Waals surface area (Å²) in [7, 11) is 0.615. The van der Waals surface area contributed by atoms with Gasteiger partial charge in [0, 0.05) is 5.54 Å². The van der Waals surface area contributed by atoms with Gasteiger partial charge in [-0.2, -0.15) is 17.6 Å². The number of allylic oxidation sites excluding steroid dienone is 1. The molecule has 0 aliphatic rings. The van der Waals surface area contributed by atoms with Crippen molar-refractivity contribution in [3.63, 3.8) is 0 Å². The Labute approximate surface area is 80.3 Å². The maximum atomic E-state index is 12.6.